The molecule has 2 aromatic heterocycles. The molecule has 0 spiro atoms. The number of hydrogen-bond acceptors (Lipinski definition) is 4. The van der Waals surface area contributed by atoms with E-state index in [1.807, 2.05) is 0 Å². The van der Waals surface area contributed by atoms with Gasteiger partial charge in [0.2, 0.25) is 0 Å². The molecular formula is C10H16N4O4. The lowest BCUT2D eigenvalue weighted by Crippen LogP contribution is -1.78. The lowest BCUT2D eigenvalue weighted by molar-refractivity contribution is -0.135. The van der Waals surface area contributed by atoms with Crippen molar-refractivity contribution in [1.29, 1.82) is 0 Å². The topological polar surface area (TPSA) is 132 Å². The maximum atomic E-state index is 9.00. The number of H-pyrrole nitrogens is 2. The van der Waals surface area contributed by atoms with Crippen molar-refractivity contribution in [2.75, 3.05) is 0 Å². The largest absolute Gasteiger partial charge is 0.481 e. The fourth-order valence-corrected chi connectivity index (χ4v) is 0.430. The molecular weight excluding hydrogens is 240 g/mol. The summed E-state index contributed by atoms with van der Waals surface area (Å²) in [5.41, 5.74) is 0. The van der Waals surface area contributed by atoms with Crippen molar-refractivity contribution in [2.45, 2.75) is 13.8 Å². The zero-order valence-electron chi connectivity index (χ0n) is 10.1. The Morgan fingerprint density at radius 1 is 0.889 bits per heavy atom. The molecule has 0 saturated heterocycles. The van der Waals surface area contributed by atoms with Crippen molar-refractivity contribution in [3.8, 4) is 0 Å². The number of aliphatic carboxylic acids is 2. The normalized spacial score (nSPS) is 7.22. The number of carboxylic acid groups (broad SMARTS) is 2. The third-order valence-corrected chi connectivity index (χ3v) is 0.812. The number of carbonyl (C=O) groups is 2. The fourth-order valence-electron chi connectivity index (χ4n) is 0.430. The highest BCUT2D eigenvalue weighted by Gasteiger charge is 1.66. The Balaban J connectivity index is 0. The number of nitrogens with zero attached hydrogens (tertiary/aromatic N) is 2. The van der Waals surface area contributed by atoms with Gasteiger partial charge in [0.05, 0.1) is 12.7 Å². The van der Waals surface area contributed by atoms with Gasteiger partial charge < -0.3 is 20.2 Å². The smallest absolute Gasteiger partial charge is 0.300 e. The van der Waals surface area contributed by atoms with Gasteiger partial charge in [-0.2, -0.15) is 0 Å². The summed E-state index contributed by atoms with van der Waals surface area (Å²) in [6, 6.07) is 0. The van der Waals surface area contributed by atoms with Gasteiger partial charge in [-0.3, -0.25) is 9.59 Å². The van der Waals surface area contributed by atoms with Crippen molar-refractivity contribution in [1.82, 2.24) is 19.9 Å². The second kappa shape index (κ2) is 14.4. The number of nitrogens with one attached hydrogen (secondary N) is 2. The van der Waals surface area contributed by atoms with Crippen molar-refractivity contribution in [3.05, 3.63) is 37.4 Å². The van der Waals surface area contributed by atoms with E-state index in [-0.39, 0.29) is 0 Å². The first-order valence-electron chi connectivity index (χ1n) is 4.71. The van der Waals surface area contributed by atoms with Crippen LogP contribution < -0.4 is 0 Å². The Morgan fingerprint density at radius 3 is 1.22 bits per heavy atom. The van der Waals surface area contributed by atoms with Gasteiger partial charge in [0.25, 0.3) is 11.9 Å². The lowest BCUT2D eigenvalue weighted by atomic mass is 10.9. The van der Waals surface area contributed by atoms with Crippen molar-refractivity contribution >= 4 is 11.9 Å². The molecule has 0 aromatic carbocycles. The van der Waals surface area contributed by atoms with Crippen LogP contribution in [0.1, 0.15) is 13.8 Å². The van der Waals surface area contributed by atoms with Gasteiger partial charge in [-0.25, -0.2) is 9.97 Å². The molecule has 0 aliphatic heterocycles. The minimum Gasteiger partial charge on any atom is -0.481 e. The van der Waals surface area contributed by atoms with Crippen LogP contribution in [0.4, 0.5) is 0 Å². The quantitative estimate of drug-likeness (QED) is 0.556. The minimum atomic E-state index is -0.833. The standard InChI is InChI=1S/2C3H4N2.2C2H4O2/c2*1-2-5-3-4-1;2*1-2(3)4/h2*1-3H,(H,4,5);2*1H3,(H,3,4). The van der Waals surface area contributed by atoms with Crippen molar-refractivity contribution < 1.29 is 19.8 Å². The Kier molecular flexibility index (Phi) is 14.2. The van der Waals surface area contributed by atoms with Gasteiger partial charge in [-0.05, 0) is 0 Å². The van der Waals surface area contributed by atoms with Crippen LogP contribution in [-0.4, -0.2) is 42.1 Å². The number of carboxylic acids is 2. The summed E-state index contributed by atoms with van der Waals surface area (Å²) < 4.78 is 0. The van der Waals surface area contributed by atoms with Crippen LogP contribution in [0.3, 0.4) is 0 Å². The van der Waals surface area contributed by atoms with E-state index in [9.17, 15) is 0 Å². The summed E-state index contributed by atoms with van der Waals surface area (Å²) in [4.78, 5) is 30.8. The van der Waals surface area contributed by atoms with Crippen LogP contribution in [0.5, 0.6) is 0 Å². The fraction of sp³-hybridized carbons (Fsp3) is 0.200. The summed E-state index contributed by atoms with van der Waals surface area (Å²) in [6.07, 6.45) is 10.2. The molecule has 0 saturated carbocycles. The highest BCUT2D eigenvalue weighted by molar-refractivity contribution is 5.63. The SMILES string of the molecule is CC(=O)O.CC(=O)O.c1c[nH]cn1.c1c[nH]cn1. The molecule has 8 nitrogen and oxygen atoms in total. The Bertz CT molecular complexity index is 292. The van der Waals surface area contributed by atoms with E-state index in [0.717, 1.165) is 13.8 Å². The molecule has 18 heavy (non-hydrogen) atoms. The number of rotatable bonds is 0. The van der Waals surface area contributed by atoms with Crippen LogP contribution in [0.15, 0.2) is 37.4 Å². The van der Waals surface area contributed by atoms with E-state index in [1.165, 1.54) is 0 Å². The average molecular weight is 256 g/mol. The van der Waals surface area contributed by atoms with Crippen LogP contribution in [0.2, 0.25) is 0 Å². The highest BCUT2D eigenvalue weighted by Crippen LogP contribution is 1.63. The van der Waals surface area contributed by atoms with Crippen molar-refractivity contribution in [2.24, 2.45) is 0 Å². The molecule has 0 atom stereocenters. The average Bonchev–Trinajstić information content (AvgIpc) is 2.96. The van der Waals surface area contributed by atoms with Gasteiger partial charge in [0.15, 0.2) is 0 Å². The molecule has 0 aliphatic rings. The van der Waals surface area contributed by atoms with E-state index in [1.54, 1.807) is 37.4 Å². The zero-order valence-corrected chi connectivity index (χ0v) is 10.1. The molecule has 100 valence electrons. The number of imidazole rings is 2. The van der Waals surface area contributed by atoms with Gasteiger partial charge in [-0.1, -0.05) is 0 Å². The Hall–Kier alpha value is -2.64. The number of hydrogen-bond donors (Lipinski definition) is 4. The van der Waals surface area contributed by atoms with Crippen LogP contribution in [0.25, 0.3) is 0 Å². The monoisotopic (exact) mass is 256 g/mol. The van der Waals surface area contributed by atoms with Gasteiger partial charge in [0, 0.05) is 38.6 Å². The second-order valence-electron chi connectivity index (χ2n) is 2.56. The molecule has 2 heterocycles. The second-order valence-corrected chi connectivity index (χ2v) is 2.56. The Labute approximate surface area is 104 Å². The molecule has 2 rings (SSSR count). The van der Waals surface area contributed by atoms with E-state index in [4.69, 9.17) is 19.8 Å². The first-order valence-corrected chi connectivity index (χ1v) is 4.71. The minimum absolute atomic E-state index is 0.833. The molecule has 2 aromatic rings. The molecule has 0 fully saturated rings. The summed E-state index contributed by atoms with van der Waals surface area (Å²) in [7, 11) is 0. The third-order valence-electron chi connectivity index (χ3n) is 0.812. The number of aromatic nitrogens is 4. The van der Waals surface area contributed by atoms with Crippen molar-refractivity contribution in [3.63, 3.8) is 0 Å². The van der Waals surface area contributed by atoms with Crippen LogP contribution in [0, 0.1) is 0 Å². The zero-order chi connectivity index (χ0) is 14.2. The summed E-state index contributed by atoms with van der Waals surface area (Å²) in [5, 5.41) is 14.8. The van der Waals surface area contributed by atoms with E-state index >= 15 is 0 Å². The summed E-state index contributed by atoms with van der Waals surface area (Å²) in [5.74, 6) is -1.67. The molecule has 0 amide bonds. The molecule has 0 aliphatic carbocycles. The predicted molar refractivity (Wildman–Crippen MR) is 63.8 cm³/mol. The van der Waals surface area contributed by atoms with Crippen LogP contribution in [-0.2, 0) is 9.59 Å². The first-order chi connectivity index (χ1) is 8.46. The van der Waals surface area contributed by atoms with Gasteiger partial charge >= 0.3 is 0 Å². The predicted octanol–water partition coefficient (Wildman–Crippen LogP) is 1.00. The number of aromatic amines is 2. The summed E-state index contributed by atoms with van der Waals surface area (Å²) in [6.45, 7) is 2.17. The molecule has 0 bridgehead atoms. The van der Waals surface area contributed by atoms with Gasteiger partial charge in [-0.15, -0.1) is 0 Å². The molecule has 8 heteroatoms. The van der Waals surface area contributed by atoms with E-state index < -0.39 is 11.9 Å². The highest BCUT2D eigenvalue weighted by atomic mass is 16.4. The third kappa shape index (κ3) is 37.7. The van der Waals surface area contributed by atoms with E-state index in [0.29, 0.717) is 0 Å². The maximum Gasteiger partial charge on any atom is 0.300 e. The lowest BCUT2D eigenvalue weighted by Gasteiger charge is -1.59. The molecule has 0 unspecified atom stereocenters. The summed E-state index contributed by atoms with van der Waals surface area (Å²) >= 11 is 0. The van der Waals surface area contributed by atoms with Crippen LogP contribution >= 0.6 is 0 Å². The van der Waals surface area contributed by atoms with Gasteiger partial charge in [0.1, 0.15) is 0 Å². The molecule has 0 radical (unpaired) electrons. The first kappa shape index (κ1) is 17.7. The Morgan fingerprint density at radius 2 is 1.17 bits per heavy atom. The van der Waals surface area contributed by atoms with E-state index in [2.05, 4.69) is 19.9 Å². The molecule has 4 N–H and O–H groups in total. The maximum absolute atomic E-state index is 9.00.